The lowest BCUT2D eigenvalue weighted by Gasteiger charge is -2.59. The first-order valence-corrected chi connectivity index (χ1v) is 13.4. The molecule has 1 aliphatic heterocycles. The second kappa shape index (κ2) is 8.89. The number of amides is 1. The molecule has 3 aromatic carbocycles. The van der Waals surface area contributed by atoms with Crippen LogP contribution in [0.5, 0.6) is 5.75 Å². The molecule has 2 N–H and O–H groups in total. The third-order valence-corrected chi connectivity index (χ3v) is 9.18. The van der Waals surface area contributed by atoms with Gasteiger partial charge in [-0.3, -0.25) is 4.79 Å². The molecular formula is C31H36N2O3. The fraction of sp³-hybridized carbons (Fsp3) is 0.452. The molecule has 3 fully saturated rings. The third kappa shape index (κ3) is 4.08. The van der Waals surface area contributed by atoms with E-state index in [2.05, 4.69) is 17.0 Å². The van der Waals surface area contributed by atoms with Crippen molar-refractivity contribution < 1.29 is 15.0 Å². The molecule has 0 bridgehead atoms. The first-order valence-electron chi connectivity index (χ1n) is 13.4. The molecule has 5 heteroatoms. The van der Waals surface area contributed by atoms with Crippen molar-refractivity contribution in [2.45, 2.75) is 55.6 Å². The Morgan fingerprint density at radius 3 is 2.58 bits per heavy atom. The number of likely N-dealkylation sites (tertiary alicyclic amines) is 1. The fourth-order valence-electron chi connectivity index (χ4n) is 6.88. The summed E-state index contributed by atoms with van der Waals surface area (Å²) in [4.78, 5) is 18.0. The average Bonchev–Trinajstić information content (AvgIpc) is 3.71. The number of fused-ring (bicyclic) bond motifs is 2. The van der Waals surface area contributed by atoms with Gasteiger partial charge in [-0.15, -0.1) is 0 Å². The van der Waals surface area contributed by atoms with Crippen LogP contribution in [0, 0.1) is 5.92 Å². The van der Waals surface area contributed by atoms with Crippen molar-refractivity contribution in [2.24, 2.45) is 5.92 Å². The zero-order valence-corrected chi connectivity index (χ0v) is 21.1. The minimum Gasteiger partial charge on any atom is -0.508 e. The summed E-state index contributed by atoms with van der Waals surface area (Å²) in [5, 5.41) is 24.8. The smallest absolute Gasteiger partial charge is 0.253 e. The summed E-state index contributed by atoms with van der Waals surface area (Å²) in [7, 11) is 1.91. The van der Waals surface area contributed by atoms with Gasteiger partial charge in [0.05, 0.1) is 5.60 Å². The van der Waals surface area contributed by atoms with Gasteiger partial charge in [0.25, 0.3) is 5.91 Å². The quantitative estimate of drug-likeness (QED) is 0.538. The highest BCUT2D eigenvalue weighted by Crippen LogP contribution is 2.53. The molecule has 3 aromatic rings. The Morgan fingerprint density at radius 2 is 1.81 bits per heavy atom. The summed E-state index contributed by atoms with van der Waals surface area (Å²) >= 11 is 0. The number of hydrogen-bond acceptors (Lipinski definition) is 4. The van der Waals surface area contributed by atoms with Crippen LogP contribution in [0.25, 0.3) is 10.8 Å². The van der Waals surface area contributed by atoms with Crippen LogP contribution < -0.4 is 0 Å². The number of aromatic hydroxyl groups is 1. The van der Waals surface area contributed by atoms with Gasteiger partial charge in [0.1, 0.15) is 5.75 Å². The topological polar surface area (TPSA) is 64.0 Å². The zero-order chi connectivity index (χ0) is 24.9. The molecule has 188 valence electrons. The summed E-state index contributed by atoms with van der Waals surface area (Å²) in [5.41, 5.74) is 0.319. The van der Waals surface area contributed by atoms with Gasteiger partial charge in [-0.25, -0.2) is 0 Å². The van der Waals surface area contributed by atoms with Crippen molar-refractivity contribution >= 4 is 16.7 Å². The maximum Gasteiger partial charge on any atom is 0.253 e. The number of phenolic OH excluding ortho intramolecular Hbond substituents is 1. The van der Waals surface area contributed by atoms with Crippen LogP contribution in [0.2, 0.25) is 0 Å². The van der Waals surface area contributed by atoms with Crippen LogP contribution in [0.15, 0.2) is 66.7 Å². The number of aliphatic hydroxyl groups is 1. The number of piperidine rings is 1. The predicted molar refractivity (Wildman–Crippen MR) is 142 cm³/mol. The van der Waals surface area contributed by atoms with E-state index in [0.717, 1.165) is 48.2 Å². The van der Waals surface area contributed by atoms with E-state index in [1.807, 2.05) is 60.5 Å². The highest BCUT2D eigenvalue weighted by molar-refractivity contribution is 5.98. The maximum absolute atomic E-state index is 13.6. The van der Waals surface area contributed by atoms with Crippen LogP contribution in [0.1, 0.15) is 54.4 Å². The van der Waals surface area contributed by atoms with Crippen molar-refractivity contribution in [2.75, 3.05) is 26.7 Å². The second-order valence-electron chi connectivity index (χ2n) is 11.5. The standard InChI is InChI=1S/C31H36N2O3/c1-32(29(35)25-12-11-23-5-2-3-6-24(23)17-25)27-13-14-31(36)21-33(20-22-9-10-22)16-15-30(31,19-27)26-7-4-8-28(34)18-26/h2-8,11-12,17-18,22,27,34,36H,9-10,13-16,19-21H2,1H3/t27-,30-,31-/m0/s1. The molecule has 5 nitrogen and oxygen atoms in total. The lowest BCUT2D eigenvalue weighted by atomic mass is 9.55. The zero-order valence-electron chi connectivity index (χ0n) is 21.1. The number of benzene rings is 3. The Morgan fingerprint density at radius 1 is 1.00 bits per heavy atom. The fourth-order valence-corrected chi connectivity index (χ4v) is 6.88. The van der Waals surface area contributed by atoms with Gasteiger partial charge < -0.3 is 20.0 Å². The molecule has 6 rings (SSSR count). The molecule has 0 spiro atoms. The van der Waals surface area contributed by atoms with E-state index in [4.69, 9.17) is 0 Å². The van der Waals surface area contributed by atoms with Gasteiger partial charge in [0, 0.05) is 37.2 Å². The third-order valence-electron chi connectivity index (χ3n) is 9.18. The van der Waals surface area contributed by atoms with E-state index in [9.17, 15) is 15.0 Å². The van der Waals surface area contributed by atoms with Crippen LogP contribution >= 0.6 is 0 Å². The van der Waals surface area contributed by atoms with Gasteiger partial charge in [-0.05, 0) is 91.6 Å². The van der Waals surface area contributed by atoms with Crippen molar-refractivity contribution in [1.29, 1.82) is 0 Å². The Hall–Kier alpha value is -2.89. The molecule has 0 aromatic heterocycles. The van der Waals surface area contributed by atoms with Gasteiger partial charge in [0.15, 0.2) is 0 Å². The van der Waals surface area contributed by atoms with Crippen LogP contribution in [0.3, 0.4) is 0 Å². The molecule has 1 heterocycles. The first kappa shape index (κ1) is 23.5. The van der Waals surface area contributed by atoms with E-state index >= 15 is 0 Å². The van der Waals surface area contributed by atoms with E-state index in [-0.39, 0.29) is 17.7 Å². The molecular weight excluding hydrogens is 448 g/mol. The normalized spacial score (nSPS) is 28.6. The van der Waals surface area contributed by atoms with Crippen molar-refractivity contribution in [3.8, 4) is 5.75 Å². The van der Waals surface area contributed by atoms with Crippen LogP contribution in [-0.2, 0) is 5.41 Å². The van der Waals surface area contributed by atoms with E-state index in [1.165, 1.54) is 12.8 Å². The molecule has 0 unspecified atom stereocenters. The molecule has 36 heavy (non-hydrogen) atoms. The van der Waals surface area contributed by atoms with Crippen molar-refractivity contribution in [1.82, 2.24) is 9.80 Å². The number of carbonyl (C=O) groups excluding carboxylic acids is 1. The van der Waals surface area contributed by atoms with E-state index < -0.39 is 11.0 Å². The molecule has 0 radical (unpaired) electrons. The van der Waals surface area contributed by atoms with Gasteiger partial charge in [-0.2, -0.15) is 0 Å². The van der Waals surface area contributed by atoms with Gasteiger partial charge in [-0.1, -0.05) is 42.5 Å². The van der Waals surface area contributed by atoms with Gasteiger partial charge >= 0.3 is 0 Å². The SMILES string of the molecule is CN(C(=O)c1ccc2ccccc2c1)[C@H]1CC[C@]2(O)CN(CC3CC3)CC[C@@]2(c2cccc(O)c2)C1. The molecule has 3 aliphatic rings. The predicted octanol–water partition coefficient (Wildman–Crippen LogP) is 4.95. The Labute approximate surface area is 213 Å². The number of rotatable bonds is 5. The molecule has 1 saturated heterocycles. The lowest BCUT2D eigenvalue weighted by Crippen LogP contribution is -2.67. The summed E-state index contributed by atoms with van der Waals surface area (Å²) in [6, 6.07) is 21.5. The average molecular weight is 485 g/mol. The maximum atomic E-state index is 13.6. The summed E-state index contributed by atoms with van der Waals surface area (Å²) in [6.07, 6.45) is 5.54. The molecule has 2 saturated carbocycles. The summed E-state index contributed by atoms with van der Waals surface area (Å²) < 4.78 is 0. The number of phenols is 1. The number of β-amino-alcohol motifs (C(OH)–C–C–N with tert-alkyl or cyclic N) is 1. The minimum absolute atomic E-state index is 0.0153. The molecule has 1 amide bonds. The van der Waals surface area contributed by atoms with Crippen LogP contribution in [-0.4, -0.2) is 64.2 Å². The van der Waals surface area contributed by atoms with E-state index in [1.54, 1.807) is 6.07 Å². The number of hydrogen-bond donors (Lipinski definition) is 2. The summed E-state index contributed by atoms with van der Waals surface area (Å²) in [6.45, 7) is 2.67. The highest BCUT2D eigenvalue weighted by Gasteiger charge is 2.58. The lowest BCUT2D eigenvalue weighted by molar-refractivity contribution is -0.132. The Balaban J connectivity index is 1.30. The first-order chi connectivity index (χ1) is 17.4. The van der Waals surface area contributed by atoms with Crippen molar-refractivity contribution in [3.05, 3.63) is 77.9 Å². The number of nitrogens with zero attached hydrogens (tertiary/aromatic N) is 2. The summed E-state index contributed by atoms with van der Waals surface area (Å²) in [5.74, 6) is 1.03. The van der Waals surface area contributed by atoms with Crippen molar-refractivity contribution in [3.63, 3.8) is 0 Å². The monoisotopic (exact) mass is 484 g/mol. The second-order valence-corrected chi connectivity index (χ2v) is 11.5. The Bertz CT molecular complexity index is 1290. The minimum atomic E-state index is -0.878. The molecule has 3 atom stereocenters. The molecule has 2 aliphatic carbocycles. The highest BCUT2D eigenvalue weighted by atomic mass is 16.3. The van der Waals surface area contributed by atoms with Gasteiger partial charge in [0.2, 0.25) is 0 Å². The number of carbonyl (C=O) groups is 1. The largest absolute Gasteiger partial charge is 0.508 e. The van der Waals surface area contributed by atoms with Crippen LogP contribution in [0.4, 0.5) is 0 Å². The Kier molecular flexibility index (Phi) is 5.81. The van der Waals surface area contributed by atoms with E-state index in [0.29, 0.717) is 24.9 Å².